The molecule has 7 nitrogen and oxygen atoms in total. The number of nitrogens with one attached hydrogen (secondary N) is 1. The summed E-state index contributed by atoms with van der Waals surface area (Å²) in [7, 11) is 1.72. The molecule has 0 aromatic carbocycles. The minimum atomic E-state index is -0.379. The third kappa shape index (κ3) is 2.77. The van der Waals surface area contributed by atoms with Gasteiger partial charge in [-0.15, -0.1) is 0 Å². The van der Waals surface area contributed by atoms with Crippen LogP contribution in [-0.2, 0) is 11.8 Å². The van der Waals surface area contributed by atoms with Crippen molar-refractivity contribution in [3.63, 3.8) is 0 Å². The van der Waals surface area contributed by atoms with E-state index in [1.54, 1.807) is 14.0 Å². The van der Waals surface area contributed by atoms with Crippen LogP contribution in [0.25, 0.3) is 0 Å². The number of aromatic nitrogens is 2. The van der Waals surface area contributed by atoms with Gasteiger partial charge in [-0.1, -0.05) is 13.8 Å². The largest absolute Gasteiger partial charge is 0.378 e. The minimum absolute atomic E-state index is 0.0625. The van der Waals surface area contributed by atoms with Gasteiger partial charge in [0.05, 0.1) is 11.0 Å². The fourth-order valence-corrected chi connectivity index (χ4v) is 2.90. The van der Waals surface area contributed by atoms with Crippen molar-refractivity contribution < 1.29 is 9.66 Å². The molecule has 0 unspecified atom stereocenters. The van der Waals surface area contributed by atoms with E-state index in [1.807, 2.05) is 0 Å². The Morgan fingerprint density at radius 1 is 1.60 bits per heavy atom. The Labute approximate surface area is 118 Å². The van der Waals surface area contributed by atoms with Crippen LogP contribution in [-0.4, -0.2) is 34.0 Å². The van der Waals surface area contributed by atoms with Gasteiger partial charge in [-0.2, -0.15) is 5.10 Å². The van der Waals surface area contributed by atoms with Gasteiger partial charge in [0.25, 0.3) is 0 Å². The van der Waals surface area contributed by atoms with Crippen molar-refractivity contribution in [3.05, 3.63) is 15.8 Å². The first-order valence-electron chi connectivity index (χ1n) is 6.95. The summed E-state index contributed by atoms with van der Waals surface area (Å²) in [5.41, 5.74) is 0.496. The number of nitro groups is 1. The molecule has 0 radical (unpaired) electrons. The number of aryl methyl sites for hydroxylation is 2. The molecule has 7 heteroatoms. The van der Waals surface area contributed by atoms with Gasteiger partial charge in [0.1, 0.15) is 5.69 Å². The molecule has 1 fully saturated rings. The highest BCUT2D eigenvalue weighted by Gasteiger charge is 2.32. The molecule has 0 aliphatic carbocycles. The summed E-state index contributed by atoms with van der Waals surface area (Å²) < 4.78 is 7.27. The molecule has 2 rings (SSSR count). The zero-order chi connectivity index (χ0) is 14.9. The zero-order valence-electron chi connectivity index (χ0n) is 12.4. The maximum absolute atomic E-state index is 11.1. The summed E-state index contributed by atoms with van der Waals surface area (Å²) in [6, 6.07) is 0. The Morgan fingerprint density at radius 2 is 2.30 bits per heavy atom. The summed E-state index contributed by atoms with van der Waals surface area (Å²) in [6.45, 7) is 7.36. The van der Waals surface area contributed by atoms with E-state index in [4.69, 9.17) is 4.74 Å². The molecule has 0 bridgehead atoms. The number of ether oxygens (including phenoxy) is 1. The number of hydrogen-bond acceptors (Lipinski definition) is 5. The highest BCUT2D eigenvalue weighted by atomic mass is 16.6. The van der Waals surface area contributed by atoms with E-state index in [1.165, 1.54) is 4.68 Å². The Bertz CT molecular complexity index is 498. The molecule has 0 spiro atoms. The lowest BCUT2D eigenvalue weighted by molar-refractivity contribution is -0.384. The quantitative estimate of drug-likeness (QED) is 0.660. The third-order valence-corrected chi connectivity index (χ3v) is 3.83. The number of hydrogen-bond donors (Lipinski definition) is 1. The van der Waals surface area contributed by atoms with E-state index < -0.39 is 0 Å². The molecule has 1 aliphatic heterocycles. The number of rotatable bonds is 5. The average molecular weight is 282 g/mol. The van der Waals surface area contributed by atoms with Gasteiger partial charge in [-0.05, 0) is 19.3 Å². The maximum atomic E-state index is 11.1. The van der Waals surface area contributed by atoms with Gasteiger partial charge >= 0.3 is 5.69 Å². The van der Waals surface area contributed by atoms with Crippen molar-refractivity contribution in [2.75, 3.05) is 18.5 Å². The van der Waals surface area contributed by atoms with Crippen molar-refractivity contribution >= 4 is 11.5 Å². The lowest BCUT2D eigenvalue weighted by atomic mass is 9.93. The van der Waals surface area contributed by atoms with Crippen LogP contribution in [0.1, 0.15) is 26.0 Å². The van der Waals surface area contributed by atoms with Gasteiger partial charge in [0.15, 0.2) is 0 Å². The van der Waals surface area contributed by atoms with E-state index in [-0.39, 0.29) is 16.7 Å². The summed E-state index contributed by atoms with van der Waals surface area (Å²) in [5.74, 6) is 1.30. The van der Waals surface area contributed by atoms with E-state index in [0.717, 1.165) is 13.0 Å². The van der Waals surface area contributed by atoms with Crippen LogP contribution in [0.3, 0.4) is 0 Å². The Morgan fingerprint density at radius 3 is 2.90 bits per heavy atom. The molecule has 1 aromatic heterocycles. The van der Waals surface area contributed by atoms with Crippen LogP contribution < -0.4 is 5.32 Å². The summed E-state index contributed by atoms with van der Waals surface area (Å²) >= 11 is 0. The van der Waals surface area contributed by atoms with E-state index in [2.05, 4.69) is 24.3 Å². The van der Waals surface area contributed by atoms with Crippen LogP contribution in [0.15, 0.2) is 0 Å². The van der Waals surface area contributed by atoms with Crippen molar-refractivity contribution in [2.24, 2.45) is 18.9 Å². The molecule has 112 valence electrons. The molecule has 1 saturated heterocycles. The monoisotopic (exact) mass is 282 g/mol. The summed E-state index contributed by atoms with van der Waals surface area (Å²) in [5, 5.41) is 18.4. The number of nitrogens with zero attached hydrogens (tertiary/aromatic N) is 3. The molecule has 2 heterocycles. The van der Waals surface area contributed by atoms with Crippen molar-refractivity contribution in [1.29, 1.82) is 0 Å². The third-order valence-electron chi connectivity index (χ3n) is 3.83. The van der Waals surface area contributed by atoms with Crippen LogP contribution in [0, 0.1) is 28.9 Å². The van der Waals surface area contributed by atoms with Gasteiger partial charge in [-0.3, -0.25) is 10.1 Å². The maximum Gasteiger partial charge on any atom is 0.333 e. The summed E-state index contributed by atoms with van der Waals surface area (Å²) in [6.07, 6.45) is 1.20. The fourth-order valence-electron chi connectivity index (χ4n) is 2.90. The van der Waals surface area contributed by atoms with Gasteiger partial charge in [0.2, 0.25) is 5.82 Å². The zero-order valence-corrected chi connectivity index (χ0v) is 12.4. The lowest BCUT2D eigenvalue weighted by Gasteiger charge is -2.22. The Balaban J connectivity index is 2.09. The summed E-state index contributed by atoms with van der Waals surface area (Å²) in [4.78, 5) is 10.7. The van der Waals surface area contributed by atoms with Crippen LogP contribution in [0.5, 0.6) is 0 Å². The highest BCUT2D eigenvalue weighted by Crippen LogP contribution is 2.30. The molecule has 0 amide bonds. The fraction of sp³-hybridized carbons (Fsp3) is 0.769. The molecule has 1 N–H and O–H groups in total. The predicted octanol–water partition coefficient (Wildman–Crippen LogP) is 2.11. The first-order valence-corrected chi connectivity index (χ1v) is 6.95. The van der Waals surface area contributed by atoms with Crippen LogP contribution >= 0.6 is 0 Å². The van der Waals surface area contributed by atoms with Gasteiger partial charge in [0, 0.05) is 26.1 Å². The Kier molecular flexibility index (Phi) is 4.27. The van der Waals surface area contributed by atoms with E-state index in [0.29, 0.717) is 29.9 Å². The molecule has 20 heavy (non-hydrogen) atoms. The standard InChI is InChI=1S/C13H22N4O3/c1-8(2)12-10(5-6-20-12)7-14-13-11(17(18)19)9(3)15-16(13)4/h8,10,12,14H,5-7H2,1-4H3/t10-,12-/m0/s1. The highest BCUT2D eigenvalue weighted by molar-refractivity contribution is 5.59. The van der Waals surface area contributed by atoms with E-state index in [9.17, 15) is 10.1 Å². The molecular formula is C13H22N4O3. The molecule has 1 aliphatic rings. The van der Waals surface area contributed by atoms with Crippen molar-refractivity contribution in [2.45, 2.75) is 33.3 Å². The average Bonchev–Trinajstić information content (AvgIpc) is 2.90. The Hall–Kier alpha value is -1.63. The molecule has 1 aromatic rings. The lowest BCUT2D eigenvalue weighted by Crippen LogP contribution is -2.28. The smallest absolute Gasteiger partial charge is 0.333 e. The number of anilines is 1. The van der Waals surface area contributed by atoms with E-state index >= 15 is 0 Å². The molecule has 0 saturated carbocycles. The normalized spacial score (nSPS) is 22.4. The topological polar surface area (TPSA) is 82.2 Å². The first-order chi connectivity index (χ1) is 9.41. The van der Waals surface area contributed by atoms with Gasteiger partial charge in [-0.25, -0.2) is 4.68 Å². The van der Waals surface area contributed by atoms with Crippen molar-refractivity contribution in [1.82, 2.24) is 9.78 Å². The van der Waals surface area contributed by atoms with Crippen LogP contribution in [0.4, 0.5) is 11.5 Å². The second-order valence-corrected chi connectivity index (χ2v) is 5.67. The first kappa shape index (κ1) is 14.8. The molecule has 2 atom stereocenters. The molecular weight excluding hydrogens is 260 g/mol. The SMILES string of the molecule is Cc1nn(C)c(NC[C@@H]2CCO[C@H]2C(C)C)c1[N+](=O)[O-]. The second-order valence-electron chi connectivity index (χ2n) is 5.67. The second kappa shape index (κ2) is 5.78. The van der Waals surface area contributed by atoms with Gasteiger partial charge < -0.3 is 10.1 Å². The minimum Gasteiger partial charge on any atom is -0.378 e. The van der Waals surface area contributed by atoms with Crippen LogP contribution in [0.2, 0.25) is 0 Å². The van der Waals surface area contributed by atoms with Crippen molar-refractivity contribution in [3.8, 4) is 0 Å². The predicted molar refractivity (Wildman–Crippen MR) is 75.8 cm³/mol.